The molecule has 0 amide bonds. The number of fused-ring (bicyclic) bond motifs is 1. The maximum atomic E-state index is 5.47. The SMILES string of the molecule is COCCCc1nc2cccnc2n1C1CCOCC1. The zero-order valence-corrected chi connectivity index (χ0v) is 11.9. The van der Waals surface area contributed by atoms with Crippen LogP contribution in [0.5, 0.6) is 0 Å². The summed E-state index contributed by atoms with van der Waals surface area (Å²) in [5, 5.41) is 0. The lowest BCUT2D eigenvalue weighted by Crippen LogP contribution is -2.21. The molecule has 2 aromatic rings. The van der Waals surface area contributed by atoms with Crippen LogP contribution in [0.4, 0.5) is 0 Å². The van der Waals surface area contributed by atoms with Crippen molar-refractivity contribution in [3.63, 3.8) is 0 Å². The van der Waals surface area contributed by atoms with Crippen LogP contribution in [0, 0.1) is 0 Å². The Bertz CT molecular complexity index is 561. The minimum absolute atomic E-state index is 0.459. The highest BCUT2D eigenvalue weighted by Crippen LogP contribution is 2.27. The van der Waals surface area contributed by atoms with Gasteiger partial charge in [0.05, 0.1) is 0 Å². The number of methoxy groups -OCH3 is 1. The molecule has 5 heteroatoms. The van der Waals surface area contributed by atoms with Crippen molar-refractivity contribution in [3.05, 3.63) is 24.2 Å². The third kappa shape index (κ3) is 2.69. The Balaban J connectivity index is 1.94. The molecule has 0 unspecified atom stereocenters. The monoisotopic (exact) mass is 275 g/mol. The number of aromatic nitrogens is 3. The number of hydrogen-bond donors (Lipinski definition) is 0. The van der Waals surface area contributed by atoms with Gasteiger partial charge in [0.25, 0.3) is 0 Å². The van der Waals surface area contributed by atoms with Gasteiger partial charge in [-0.25, -0.2) is 9.97 Å². The van der Waals surface area contributed by atoms with Crippen molar-refractivity contribution in [2.45, 2.75) is 31.7 Å². The topological polar surface area (TPSA) is 49.2 Å². The molecule has 0 spiro atoms. The van der Waals surface area contributed by atoms with Crippen molar-refractivity contribution in [2.75, 3.05) is 26.9 Å². The fraction of sp³-hybridized carbons (Fsp3) is 0.600. The Labute approximate surface area is 118 Å². The predicted molar refractivity (Wildman–Crippen MR) is 76.8 cm³/mol. The van der Waals surface area contributed by atoms with Crippen molar-refractivity contribution in [3.8, 4) is 0 Å². The first-order valence-corrected chi connectivity index (χ1v) is 7.28. The Morgan fingerprint density at radius 3 is 3.05 bits per heavy atom. The number of pyridine rings is 1. The maximum absolute atomic E-state index is 5.47. The molecule has 0 aromatic carbocycles. The first kappa shape index (κ1) is 13.5. The molecule has 20 heavy (non-hydrogen) atoms. The Kier molecular flexibility index (Phi) is 4.28. The minimum Gasteiger partial charge on any atom is -0.385 e. The summed E-state index contributed by atoms with van der Waals surface area (Å²) < 4.78 is 13.0. The van der Waals surface area contributed by atoms with Gasteiger partial charge < -0.3 is 14.0 Å². The summed E-state index contributed by atoms with van der Waals surface area (Å²) in [6.07, 6.45) is 5.85. The highest BCUT2D eigenvalue weighted by molar-refractivity contribution is 5.71. The lowest BCUT2D eigenvalue weighted by atomic mass is 10.1. The first-order chi connectivity index (χ1) is 9.90. The maximum Gasteiger partial charge on any atom is 0.160 e. The fourth-order valence-corrected chi connectivity index (χ4v) is 2.85. The highest BCUT2D eigenvalue weighted by atomic mass is 16.5. The number of ether oxygens (including phenoxy) is 2. The summed E-state index contributed by atoms with van der Waals surface area (Å²) in [5.41, 5.74) is 2.00. The molecule has 3 heterocycles. The average Bonchev–Trinajstić information content (AvgIpc) is 2.86. The van der Waals surface area contributed by atoms with Crippen LogP contribution in [0.1, 0.15) is 31.1 Å². The molecule has 0 saturated carbocycles. The van der Waals surface area contributed by atoms with Gasteiger partial charge in [-0.2, -0.15) is 0 Å². The smallest absolute Gasteiger partial charge is 0.160 e. The van der Waals surface area contributed by atoms with Crippen LogP contribution in [0.25, 0.3) is 11.2 Å². The average molecular weight is 275 g/mol. The van der Waals surface area contributed by atoms with E-state index in [-0.39, 0.29) is 0 Å². The van der Waals surface area contributed by atoms with Gasteiger partial charge >= 0.3 is 0 Å². The summed E-state index contributed by atoms with van der Waals surface area (Å²) in [7, 11) is 1.74. The van der Waals surface area contributed by atoms with E-state index in [1.54, 1.807) is 7.11 Å². The molecule has 0 N–H and O–H groups in total. The minimum atomic E-state index is 0.459. The summed E-state index contributed by atoms with van der Waals surface area (Å²) in [6, 6.07) is 4.45. The summed E-state index contributed by atoms with van der Waals surface area (Å²) in [6.45, 7) is 2.42. The molecule has 0 aliphatic carbocycles. The number of aryl methyl sites for hydroxylation is 1. The van der Waals surface area contributed by atoms with Crippen molar-refractivity contribution in [1.82, 2.24) is 14.5 Å². The van der Waals surface area contributed by atoms with E-state index in [0.29, 0.717) is 6.04 Å². The molecular weight excluding hydrogens is 254 g/mol. The molecule has 1 aliphatic rings. The number of rotatable bonds is 5. The molecule has 1 aliphatic heterocycles. The summed E-state index contributed by atoms with van der Waals surface area (Å²) in [4.78, 5) is 9.30. The largest absolute Gasteiger partial charge is 0.385 e. The first-order valence-electron chi connectivity index (χ1n) is 7.28. The molecule has 0 bridgehead atoms. The van der Waals surface area contributed by atoms with Crippen LogP contribution in [0.15, 0.2) is 18.3 Å². The van der Waals surface area contributed by atoms with Gasteiger partial charge in [-0.05, 0) is 31.4 Å². The zero-order chi connectivity index (χ0) is 13.8. The van der Waals surface area contributed by atoms with Crippen molar-refractivity contribution in [2.24, 2.45) is 0 Å². The van der Waals surface area contributed by atoms with E-state index < -0.39 is 0 Å². The van der Waals surface area contributed by atoms with E-state index in [2.05, 4.69) is 9.55 Å². The molecular formula is C15H21N3O2. The molecule has 5 nitrogen and oxygen atoms in total. The lowest BCUT2D eigenvalue weighted by Gasteiger charge is -2.25. The van der Waals surface area contributed by atoms with E-state index in [1.165, 1.54) is 0 Å². The molecule has 0 radical (unpaired) electrons. The van der Waals surface area contributed by atoms with Gasteiger partial charge in [-0.1, -0.05) is 0 Å². The van der Waals surface area contributed by atoms with E-state index in [9.17, 15) is 0 Å². The lowest BCUT2D eigenvalue weighted by molar-refractivity contribution is 0.0696. The van der Waals surface area contributed by atoms with Gasteiger partial charge in [-0.3, -0.25) is 0 Å². The van der Waals surface area contributed by atoms with Crippen LogP contribution in [0.2, 0.25) is 0 Å². The summed E-state index contributed by atoms with van der Waals surface area (Å²) >= 11 is 0. The van der Waals surface area contributed by atoms with Crippen molar-refractivity contribution >= 4 is 11.2 Å². The second-order valence-corrected chi connectivity index (χ2v) is 5.18. The Morgan fingerprint density at radius 2 is 2.25 bits per heavy atom. The van der Waals surface area contributed by atoms with Gasteiger partial charge in [-0.15, -0.1) is 0 Å². The second-order valence-electron chi connectivity index (χ2n) is 5.18. The molecule has 1 fully saturated rings. The van der Waals surface area contributed by atoms with E-state index in [0.717, 1.165) is 62.5 Å². The molecule has 1 saturated heterocycles. The Morgan fingerprint density at radius 1 is 1.40 bits per heavy atom. The number of imidazole rings is 1. The molecule has 2 aromatic heterocycles. The quantitative estimate of drug-likeness (QED) is 0.786. The molecule has 0 atom stereocenters. The summed E-state index contributed by atoms with van der Waals surface area (Å²) in [5.74, 6) is 1.13. The van der Waals surface area contributed by atoms with Gasteiger partial charge in [0, 0.05) is 45.6 Å². The second kappa shape index (κ2) is 6.33. The third-order valence-electron chi connectivity index (χ3n) is 3.83. The van der Waals surface area contributed by atoms with E-state index >= 15 is 0 Å². The van der Waals surface area contributed by atoms with Crippen LogP contribution < -0.4 is 0 Å². The highest BCUT2D eigenvalue weighted by Gasteiger charge is 2.22. The normalized spacial score (nSPS) is 16.9. The van der Waals surface area contributed by atoms with Crippen molar-refractivity contribution < 1.29 is 9.47 Å². The van der Waals surface area contributed by atoms with Crippen LogP contribution in [-0.2, 0) is 15.9 Å². The number of hydrogen-bond acceptors (Lipinski definition) is 4. The van der Waals surface area contributed by atoms with Crippen molar-refractivity contribution in [1.29, 1.82) is 0 Å². The Hall–Kier alpha value is -1.46. The van der Waals surface area contributed by atoms with E-state index in [4.69, 9.17) is 14.5 Å². The van der Waals surface area contributed by atoms with E-state index in [1.807, 2.05) is 18.3 Å². The fourth-order valence-electron chi connectivity index (χ4n) is 2.85. The zero-order valence-electron chi connectivity index (χ0n) is 11.9. The standard InChI is InChI=1S/C15H21N3O2/c1-19-9-3-5-14-17-13-4-2-8-16-15(13)18(14)12-6-10-20-11-7-12/h2,4,8,12H,3,5-7,9-11H2,1H3. The van der Waals surface area contributed by atoms with Gasteiger partial charge in [0.15, 0.2) is 5.65 Å². The number of nitrogens with zero attached hydrogens (tertiary/aromatic N) is 3. The van der Waals surface area contributed by atoms with Crippen LogP contribution >= 0.6 is 0 Å². The van der Waals surface area contributed by atoms with Crippen LogP contribution in [0.3, 0.4) is 0 Å². The predicted octanol–water partition coefficient (Wildman–Crippen LogP) is 2.36. The molecule has 108 valence electrons. The van der Waals surface area contributed by atoms with Gasteiger partial charge in [0.1, 0.15) is 11.3 Å². The third-order valence-corrected chi connectivity index (χ3v) is 3.83. The van der Waals surface area contributed by atoms with Crippen LogP contribution in [-0.4, -0.2) is 41.5 Å². The molecule has 3 rings (SSSR count). The van der Waals surface area contributed by atoms with Gasteiger partial charge in [0.2, 0.25) is 0 Å².